The second kappa shape index (κ2) is 16.1. The van der Waals surface area contributed by atoms with E-state index in [0.717, 1.165) is 36.8 Å². The first kappa shape index (κ1) is 35.4. The fourth-order valence-corrected chi connectivity index (χ4v) is 6.70. The van der Waals surface area contributed by atoms with Gasteiger partial charge in [-0.05, 0) is 48.7 Å². The quantitative estimate of drug-likeness (QED) is 0.0755. The van der Waals surface area contributed by atoms with Gasteiger partial charge < -0.3 is 18.9 Å². The van der Waals surface area contributed by atoms with E-state index >= 15 is 4.39 Å². The molecule has 2 aromatic heterocycles. The lowest BCUT2D eigenvalue weighted by molar-refractivity contribution is -0.0881. The number of aromatic nitrogens is 4. The molecular formula is C36H34F2N6O6S. The smallest absolute Gasteiger partial charge is 0.424 e. The number of halogens is 2. The zero-order chi connectivity index (χ0) is 35.8. The Morgan fingerprint density at radius 3 is 2.51 bits per heavy atom. The molecule has 264 valence electrons. The number of ether oxygens (including phenoxy) is 4. The fraction of sp³-hybridized carbons (Fsp3) is 0.278. The second-order valence-electron chi connectivity index (χ2n) is 11.7. The minimum atomic E-state index is -1.89. The molecule has 3 heterocycles. The number of hydrogen-bond acceptors (Lipinski definition) is 12. The van der Waals surface area contributed by atoms with Crippen LogP contribution in [-0.4, -0.2) is 76.6 Å². The molecule has 0 amide bonds. The van der Waals surface area contributed by atoms with Crippen LogP contribution in [0.3, 0.4) is 0 Å². The Hall–Kier alpha value is -5.38. The standard InChI is InChI=1S/C36H34F2N6O6S/c1-24(33-42-32(19-51-33)26-7-10-29(39-2)11-8-26)36(20-44-22-40-21-41-44,30-12-9-28(37)17-31(30)38)50-35(46)49-23-48-34(45)27-5-3-25(4-6-27)18-43-13-15-47-16-14-43/h3-12,17,19,21-22,24H,2,13-16,18,20,23H2,1H3. The Balaban J connectivity index is 1.21. The predicted molar refractivity (Wildman–Crippen MR) is 184 cm³/mol. The van der Waals surface area contributed by atoms with Crippen molar-refractivity contribution >= 4 is 35.9 Å². The number of carbonyl (C=O) groups excluding carboxylic acids is 2. The van der Waals surface area contributed by atoms with Crippen LogP contribution in [0.2, 0.25) is 0 Å². The van der Waals surface area contributed by atoms with Crippen LogP contribution in [0.15, 0.2) is 89.8 Å². The molecule has 15 heteroatoms. The molecule has 2 atom stereocenters. The molecule has 2 unspecified atom stereocenters. The Kier molecular flexibility index (Phi) is 11.2. The highest BCUT2D eigenvalue weighted by molar-refractivity contribution is 7.10. The van der Waals surface area contributed by atoms with Gasteiger partial charge in [0.2, 0.25) is 6.79 Å². The molecule has 0 N–H and O–H groups in total. The average molecular weight is 717 g/mol. The minimum absolute atomic E-state index is 0.156. The summed E-state index contributed by atoms with van der Waals surface area (Å²) in [7, 11) is 0. The molecule has 0 bridgehead atoms. The molecule has 0 saturated carbocycles. The lowest BCUT2D eigenvalue weighted by atomic mass is 9.81. The van der Waals surface area contributed by atoms with Gasteiger partial charge in [0.1, 0.15) is 29.3 Å². The number of thiazole rings is 1. The van der Waals surface area contributed by atoms with E-state index in [1.54, 1.807) is 31.2 Å². The largest absolute Gasteiger partial charge is 0.512 e. The van der Waals surface area contributed by atoms with Crippen molar-refractivity contribution in [3.05, 3.63) is 118 Å². The summed E-state index contributed by atoms with van der Waals surface area (Å²) in [6.45, 7) is 7.94. The highest BCUT2D eigenvalue weighted by atomic mass is 32.1. The maximum Gasteiger partial charge on any atom is 0.512 e. The molecule has 0 aliphatic carbocycles. The molecule has 5 aromatic rings. The van der Waals surface area contributed by atoms with Gasteiger partial charge in [-0.15, -0.1) is 11.3 Å². The van der Waals surface area contributed by atoms with Crippen LogP contribution in [0.5, 0.6) is 0 Å². The number of esters is 1. The first-order valence-corrected chi connectivity index (χ1v) is 16.8. The normalized spacial score (nSPS) is 15.0. The molecule has 1 saturated heterocycles. The summed E-state index contributed by atoms with van der Waals surface area (Å²) in [5, 5.41) is 6.44. The van der Waals surface area contributed by atoms with Crippen molar-refractivity contribution in [3.8, 4) is 11.3 Å². The van der Waals surface area contributed by atoms with Gasteiger partial charge in [-0.3, -0.25) is 9.89 Å². The Labute approximate surface area is 296 Å². The number of hydrogen-bond donors (Lipinski definition) is 0. The van der Waals surface area contributed by atoms with E-state index in [9.17, 15) is 14.0 Å². The van der Waals surface area contributed by atoms with Crippen LogP contribution in [0.1, 0.15) is 39.3 Å². The lowest BCUT2D eigenvalue weighted by Crippen LogP contribution is -2.43. The minimum Gasteiger partial charge on any atom is -0.424 e. The second-order valence-corrected chi connectivity index (χ2v) is 12.6. The highest BCUT2D eigenvalue weighted by Gasteiger charge is 2.47. The molecule has 12 nitrogen and oxygen atoms in total. The average Bonchev–Trinajstić information content (AvgIpc) is 3.85. The highest BCUT2D eigenvalue weighted by Crippen LogP contribution is 2.45. The lowest BCUT2D eigenvalue weighted by Gasteiger charge is -2.37. The number of carbonyl (C=O) groups is 2. The maximum atomic E-state index is 15.7. The first-order valence-electron chi connectivity index (χ1n) is 16.0. The van der Waals surface area contributed by atoms with Gasteiger partial charge in [0, 0.05) is 42.2 Å². The molecule has 1 aliphatic rings. The molecule has 3 aromatic carbocycles. The van der Waals surface area contributed by atoms with Crippen LogP contribution in [-0.2, 0) is 37.6 Å². The molecule has 0 spiro atoms. The van der Waals surface area contributed by atoms with Gasteiger partial charge >= 0.3 is 12.1 Å². The summed E-state index contributed by atoms with van der Waals surface area (Å²) in [6.07, 6.45) is 1.37. The zero-order valence-corrected chi connectivity index (χ0v) is 28.4. The summed E-state index contributed by atoms with van der Waals surface area (Å²) in [5.74, 6) is -3.36. The molecule has 51 heavy (non-hydrogen) atoms. The number of benzene rings is 3. The monoisotopic (exact) mass is 716 g/mol. The molecule has 0 radical (unpaired) electrons. The van der Waals surface area contributed by atoms with Gasteiger partial charge in [-0.1, -0.05) is 31.2 Å². The molecule has 1 aliphatic heterocycles. The van der Waals surface area contributed by atoms with Crippen LogP contribution in [0.4, 0.5) is 19.3 Å². The SMILES string of the molecule is C=Nc1ccc(-c2csc(C(C)C(Cn3cncn3)(OC(=O)OCOC(=O)c3ccc(CN4CCOCC4)cc3)c3ccc(F)cc3F)n2)cc1. The van der Waals surface area contributed by atoms with Gasteiger partial charge in [-0.2, -0.15) is 5.10 Å². The zero-order valence-electron chi connectivity index (χ0n) is 27.6. The van der Waals surface area contributed by atoms with Crippen molar-refractivity contribution in [1.29, 1.82) is 0 Å². The third kappa shape index (κ3) is 8.51. The van der Waals surface area contributed by atoms with E-state index in [4.69, 9.17) is 23.9 Å². The Morgan fingerprint density at radius 1 is 1.06 bits per heavy atom. The van der Waals surface area contributed by atoms with E-state index in [-0.39, 0.29) is 17.7 Å². The number of nitrogens with zero attached hydrogens (tertiary/aromatic N) is 6. The summed E-state index contributed by atoms with van der Waals surface area (Å²) in [4.78, 5) is 41.1. The molecule has 1 fully saturated rings. The van der Waals surface area contributed by atoms with E-state index in [0.29, 0.717) is 35.7 Å². The number of rotatable bonds is 13. The third-order valence-corrected chi connectivity index (χ3v) is 9.55. The van der Waals surface area contributed by atoms with E-state index < -0.39 is 42.1 Å². The van der Waals surface area contributed by atoms with Crippen LogP contribution < -0.4 is 0 Å². The predicted octanol–water partition coefficient (Wildman–Crippen LogP) is 6.51. The van der Waals surface area contributed by atoms with Gasteiger partial charge in [-0.25, -0.2) is 33.0 Å². The van der Waals surface area contributed by atoms with Crippen molar-refractivity contribution in [2.45, 2.75) is 31.5 Å². The van der Waals surface area contributed by atoms with Crippen molar-refractivity contribution in [3.63, 3.8) is 0 Å². The Bertz CT molecular complexity index is 1950. The molecular weight excluding hydrogens is 682 g/mol. The van der Waals surface area contributed by atoms with Crippen molar-refractivity contribution in [1.82, 2.24) is 24.6 Å². The topological polar surface area (TPSA) is 130 Å². The van der Waals surface area contributed by atoms with Crippen LogP contribution in [0.25, 0.3) is 11.3 Å². The van der Waals surface area contributed by atoms with E-state index in [1.165, 1.54) is 34.7 Å². The molecule has 6 rings (SSSR count). The van der Waals surface area contributed by atoms with E-state index in [1.807, 2.05) is 29.6 Å². The Morgan fingerprint density at radius 2 is 1.82 bits per heavy atom. The summed E-state index contributed by atoms with van der Waals surface area (Å²) < 4.78 is 53.0. The van der Waals surface area contributed by atoms with Crippen LogP contribution >= 0.6 is 11.3 Å². The van der Waals surface area contributed by atoms with Crippen molar-refractivity contribution in [2.24, 2.45) is 4.99 Å². The van der Waals surface area contributed by atoms with Crippen molar-refractivity contribution in [2.75, 3.05) is 33.1 Å². The van der Waals surface area contributed by atoms with E-state index in [2.05, 4.69) is 26.7 Å². The number of morpholine rings is 1. The van der Waals surface area contributed by atoms with Crippen molar-refractivity contribution < 1.29 is 37.3 Å². The summed E-state index contributed by atoms with van der Waals surface area (Å²) in [5.41, 5.74) is 1.34. The summed E-state index contributed by atoms with van der Waals surface area (Å²) >= 11 is 1.26. The van der Waals surface area contributed by atoms with Gasteiger partial charge in [0.05, 0.1) is 42.6 Å². The fourth-order valence-electron chi connectivity index (χ4n) is 5.73. The van der Waals surface area contributed by atoms with Gasteiger partial charge in [0.25, 0.3) is 0 Å². The summed E-state index contributed by atoms with van der Waals surface area (Å²) in [6, 6.07) is 17.1. The third-order valence-electron chi connectivity index (χ3n) is 8.52. The van der Waals surface area contributed by atoms with Crippen LogP contribution in [0, 0.1) is 11.6 Å². The number of aliphatic imine (C=N–C) groups is 1. The van der Waals surface area contributed by atoms with Gasteiger partial charge in [0.15, 0.2) is 5.60 Å². The maximum absolute atomic E-state index is 15.7. The first-order chi connectivity index (χ1) is 24.7.